The van der Waals surface area contributed by atoms with Crippen molar-refractivity contribution in [2.45, 2.75) is 45.5 Å². The summed E-state index contributed by atoms with van der Waals surface area (Å²) in [4.78, 5) is 20.1. The Morgan fingerprint density at radius 1 is 0.811 bits per heavy atom. The number of benzene rings is 2. The van der Waals surface area contributed by atoms with Crippen LogP contribution in [0.5, 0.6) is 0 Å². The van der Waals surface area contributed by atoms with Gasteiger partial charge < -0.3 is 14.8 Å². The van der Waals surface area contributed by atoms with Crippen molar-refractivity contribution in [3.63, 3.8) is 0 Å². The lowest BCUT2D eigenvalue weighted by Crippen LogP contribution is -2.52. The topological polar surface area (TPSA) is 57.3 Å². The second-order valence-electron chi connectivity index (χ2n) is 10.8. The molecule has 1 fully saturated rings. The van der Waals surface area contributed by atoms with Crippen molar-refractivity contribution in [3.05, 3.63) is 71.8 Å². The molecular formula is C30H46N4O3. The van der Waals surface area contributed by atoms with Crippen LogP contribution < -0.4 is 5.32 Å². The third-order valence-corrected chi connectivity index (χ3v) is 6.70. The van der Waals surface area contributed by atoms with Crippen molar-refractivity contribution in [1.29, 1.82) is 0 Å². The Bertz CT molecular complexity index is 904. The third-order valence-electron chi connectivity index (χ3n) is 6.70. The molecule has 2 aromatic carbocycles. The van der Waals surface area contributed by atoms with Crippen LogP contribution in [-0.4, -0.2) is 98.4 Å². The van der Waals surface area contributed by atoms with E-state index in [-0.39, 0.29) is 11.6 Å². The molecule has 37 heavy (non-hydrogen) atoms. The third kappa shape index (κ3) is 10.9. The van der Waals surface area contributed by atoms with Crippen LogP contribution in [0.4, 0.5) is 0 Å². The van der Waals surface area contributed by atoms with E-state index >= 15 is 0 Å². The van der Waals surface area contributed by atoms with Crippen LogP contribution in [0.2, 0.25) is 0 Å². The molecule has 7 heteroatoms. The van der Waals surface area contributed by atoms with E-state index in [1.807, 2.05) is 20.8 Å². The van der Waals surface area contributed by atoms with Gasteiger partial charge in [-0.25, -0.2) is 0 Å². The monoisotopic (exact) mass is 510 g/mol. The molecule has 1 aliphatic rings. The normalized spacial score (nSPS) is 18.5. The summed E-state index contributed by atoms with van der Waals surface area (Å²) in [7, 11) is 1.46. The maximum atomic E-state index is 12.8. The first-order chi connectivity index (χ1) is 17.8. The van der Waals surface area contributed by atoms with E-state index in [1.165, 1.54) is 18.2 Å². The molecule has 0 unspecified atom stereocenters. The molecule has 0 aromatic heterocycles. The molecule has 3 rings (SSSR count). The van der Waals surface area contributed by atoms with Gasteiger partial charge in [-0.1, -0.05) is 60.7 Å². The van der Waals surface area contributed by atoms with Gasteiger partial charge in [0.1, 0.15) is 6.04 Å². The number of methoxy groups -OCH3 is 1. The summed E-state index contributed by atoms with van der Waals surface area (Å²) in [6.07, 6.45) is 0. The molecule has 0 bridgehead atoms. The number of hydrogen-bond donors (Lipinski definition) is 1. The predicted molar refractivity (Wildman–Crippen MR) is 149 cm³/mol. The van der Waals surface area contributed by atoms with Gasteiger partial charge >= 0.3 is 5.97 Å². The average Bonchev–Trinajstić information content (AvgIpc) is 2.88. The Hall–Kier alpha value is -2.29. The van der Waals surface area contributed by atoms with Crippen molar-refractivity contribution in [2.75, 3.05) is 66.1 Å². The summed E-state index contributed by atoms with van der Waals surface area (Å²) < 4.78 is 11.2. The fourth-order valence-electron chi connectivity index (χ4n) is 4.57. The number of esters is 1. The van der Waals surface area contributed by atoms with Crippen LogP contribution in [0.3, 0.4) is 0 Å². The molecule has 1 saturated heterocycles. The smallest absolute Gasteiger partial charge is 0.325 e. The molecule has 7 nitrogen and oxygen atoms in total. The molecule has 1 N–H and O–H groups in total. The molecule has 0 radical (unpaired) electrons. The quantitative estimate of drug-likeness (QED) is 0.547. The van der Waals surface area contributed by atoms with E-state index in [2.05, 4.69) is 80.7 Å². The molecule has 0 amide bonds. The van der Waals surface area contributed by atoms with Crippen molar-refractivity contribution >= 4 is 5.97 Å². The summed E-state index contributed by atoms with van der Waals surface area (Å²) >= 11 is 0. The first kappa shape index (κ1) is 29.3. The number of rotatable bonds is 8. The van der Waals surface area contributed by atoms with Gasteiger partial charge in [0.15, 0.2) is 0 Å². The van der Waals surface area contributed by atoms with E-state index in [4.69, 9.17) is 9.47 Å². The molecule has 1 aliphatic heterocycles. The molecule has 204 valence electrons. The summed E-state index contributed by atoms with van der Waals surface area (Å²) in [6, 6.07) is 20.9. The summed E-state index contributed by atoms with van der Waals surface area (Å²) in [6.45, 7) is 15.2. The van der Waals surface area contributed by atoms with Crippen LogP contribution in [0.1, 0.15) is 31.9 Å². The van der Waals surface area contributed by atoms with Gasteiger partial charge in [0.05, 0.1) is 19.3 Å². The number of ether oxygens (including phenoxy) is 2. The van der Waals surface area contributed by atoms with E-state index in [0.717, 1.165) is 65.4 Å². The molecule has 0 aliphatic carbocycles. The standard InChI is InChI=1S/C30H46N4O3/c1-30(2,3)37-25-28(29(35)36-4)34-18-16-31-15-17-32(23-26-11-7-5-8-12-26)19-20-33(21-22-34)24-27-13-9-6-10-14-27/h5-14,28,31H,15-25H2,1-4H3/t28-/m1/s1. The number of hydrogen-bond acceptors (Lipinski definition) is 7. The lowest BCUT2D eigenvalue weighted by atomic mass is 10.1. The number of carbonyl (C=O) groups is 1. The van der Waals surface area contributed by atoms with Gasteiger partial charge in [0.2, 0.25) is 0 Å². The van der Waals surface area contributed by atoms with Crippen LogP contribution in [0.15, 0.2) is 60.7 Å². The van der Waals surface area contributed by atoms with Crippen molar-refractivity contribution in [1.82, 2.24) is 20.0 Å². The fraction of sp³-hybridized carbons (Fsp3) is 0.567. The maximum absolute atomic E-state index is 12.8. The second-order valence-corrected chi connectivity index (χ2v) is 10.8. The minimum Gasteiger partial charge on any atom is -0.468 e. The van der Waals surface area contributed by atoms with Gasteiger partial charge in [0, 0.05) is 65.4 Å². The number of carbonyl (C=O) groups excluding carboxylic acids is 1. The van der Waals surface area contributed by atoms with Gasteiger partial charge in [0.25, 0.3) is 0 Å². The second kappa shape index (κ2) is 15.2. The van der Waals surface area contributed by atoms with E-state index in [0.29, 0.717) is 6.61 Å². The number of nitrogens with zero attached hydrogens (tertiary/aromatic N) is 3. The molecule has 1 atom stereocenters. The Balaban J connectivity index is 1.74. The van der Waals surface area contributed by atoms with Crippen LogP contribution in [0, 0.1) is 0 Å². The van der Waals surface area contributed by atoms with Crippen LogP contribution in [0.25, 0.3) is 0 Å². The maximum Gasteiger partial charge on any atom is 0.325 e. The molecule has 0 saturated carbocycles. The van der Waals surface area contributed by atoms with E-state index in [1.54, 1.807) is 0 Å². The average molecular weight is 511 g/mol. The van der Waals surface area contributed by atoms with Crippen molar-refractivity contribution in [3.8, 4) is 0 Å². The molecular weight excluding hydrogens is 464 g/mol. The summed E-state index contributed by atoms with van der Waals surface area (Å²) in [5.41, 5.74) is 2.33. The highest BCUT2D eigenvalue weighted by atomic mass is 16.5. The van der Waals surface area contributed by atoms with Crippen molar-refractivity contribution < 1.29 is 14.3 Å². The fourth-order valence-corrected chi connectivity index (χ4v) is 4.57. The Kier molecular flexibility index (Phi) is 12.0. The minimum absolute atomic E-state index is 0.236. The summed E-state index contributed by atoms with van der Waals surface area (Å²) in [5.74, 6) is -0.236. The highest BCUT2D eigenvalue weighted by molar-refractivity contribution is 5.75. The van der Waals surface area contributed by atoms with E-state index in [9.17, 15) is 4.79 Å². The van der Waals surface area contributed by atoms with Gasteiger partial charge in [-0.2, -0.15) is 0 Å². The Morgan fingerprint density at radius 3 is 1.86 bits per heavy atom. The van der Waals surface area contributed by atoms with Crippen LogP contribution in [-0.2, 0) is 27.4 Å². The Labute approximate surface area is 223 Å². The molecule has 2 aromatic rings. The zero-order valence-corrected chi connectivity index (χ0v) is 23.2. The lowest BCUT2D eigenvalue weighted by molar-refractivity contribution is -0.152. The SMILES string of the molecule is COC(=O)[C@@H](COC(C)(C)C)N1CCNCCN(Cc2ccccc2)CCN(Cc2ccccc2)CC1. The van der Waals surface area contributed by atoms with Gasteiger partial charge in [-0.15, -0.1) is 0 Å². The summed E-state index contributed by atoms with van der Waals surface area (Å²) in [5, 5.41) is 3.59. The van der Waals surface area contributed by atoms with Crippen molar-refractivity contribution in [2.24, 2.45) is 0 Å². The first-order valence-corrected chi connectivity index (χ1v) is 13.5. The highest BCUT2D eigenvalue weighted by Gasteiger charge is 2.29. The highest BCUT2D eigenvalue weighted by Crippen LogP contribution is 2.13. The number of nitrogens with one attached hydrogen (secondary N) is 1. The zero-order chi connectivity index (χ0) is 26.5. The van der Waals surface area contributed by atoms with Crippen LogP contribution >= 0.6 is 0 Å². The lowest BCUT2D eigenvalue weighted by Gasteiger charge is -2.35. The first-order valence-electron chi connectivity index (χ1n) is 13.5. The minimum atomic E-state index is -0.429. The zero-order valence-electron chi connectivity index (χ0n) is 23.2. The molecule has 1 heterocycles. The van der Waals surface area contributed by atoms with Gasteiger partial charge in [-0.05, 0) is 31.9 Å². The van der Waals surface area contributed by atoms with E-state index < -0.39 is 6.04 Å². The largest absolute Gasteiger partial charge is 0.468 e. The molecule has 0 spiro atoms. The van der Waals surface area contributed by atoms with Gasteiger partial charge in [-0.3, -0.25) is 19.5 Å². The predicted octanol–water partition coefficient (Wildman–Crippen LogP) is 3.25. The Morgan fingerprint density at radius 2 is 1.32 bits per heavy atom.